The maximum atomic E-state index is 13.6. The molecular weight excluding hydrogens is 546 g/mol. The summed E-state index contributed by atoms with van der Waals surface area (Å²) in [4.78, 5) is 34.7. The van der Waals surface area contributed by atoms with Gasteiger partial charge in [0.15, 0.2) is 5.65 Å². The lowest BCUT2D eigenvalue weighted by molar-refractivity contribution is -0.108. The lowest BCUT2D eigenvalue weighted by atomic mass is 9.90. The number of nitrogens with one attached hydrogen (secondary N) is 2. The van der Waals surface area contributed by atoms with Crippen LogP contribution in [0.1, 0.15) is 88.3 Å². The Kier molecular flexibility index (Phi) is 11.6. The molecule has 2 N–H and O–H groups in total. The highest BCUT2D eigenvalue weighted by molar-refractivity contribution is 7.98. The summed E-state index contributed by atoms with van der Waals surface area (Å²) in [6, 6.07) is 2.84. The molecule has 0 unspecified atom stereocenters. The summed E-state index contributed by atoms with van der Waals surface area (Å²) in [5, 5.41) is 11.2. The molecule has 0 spiro atoms. The van der Waals surface area contributed by atoms with Gasteiger partial charge in [-0.2, -0.15) is 16.9 Å². The van der Waals surface area contributed by atoms with Crippen LogP contribution in [0, 0.1) is 0 Å². The molecule has 2 aliphatic rings. The molecule has 0 aromatic carbocycles. The molecule has 4 rings (SSSR count). The fourth-order valence-corrected chi connectivity index (χ4v) is 6.57. The van der Waals surface area contributed by atoms with Crippen LogP contribution in [0.2, 0.25) is 0 Å². The standard InChI is InChI=1S/C32H49N7O2S/c1-22(2)39-31-29(20-35-39)28(32(41)33-19-24(4)23(3)17-25(5)34-21-40)18-30(36-31)26-7-13-38(14-8-26)27-9-11-37(12-10-27)15-16-42-6/h17-18,20-22,26-27H,7-16,19H2,1-6H3,(H,33,41)(H,34,40)/b24-23+,25-17-. The van der Waals surface area contributed by atoms with Gasteiger partial charge in [0.25, 0.3) is 5.91 Å². The van der Waals surface area contributed by atoms with Crippen molar-refractivity contribution in [3.63, 3.8) is 0 Å². The second-order valence-corrected chi connectivity index (χ2v) is 13.1. The van der Waals surface area contributed by atoms with Crippen molar-refractivity contribution in [2.45, 2.75) is 78.3 Å². The molecule has 0 atom stereocenters. The van der Waals surface area contributed by atoms with Gasteiger partial charge < -0.3 is 20.4 Å². The number of fused-ring (bicyclic) bond motifs is 1. The molecule has 0 radical (unpaired) electrons. The van der Waals surface area contributed by atoms with Gasteiger partial charge in [-0.25, -0.2) is 9.67 Å². The van der Waals surface area contributed by atoms with E-state index < -0.39 is 0 Å². The molecule has 42 heavy (non-hydrogen) atoms. The molecule has 230 valence electrons. The predicted octanol–water partition coefficient (Wildman–Crippen LogP) is 4.74. The van der Waals surface area contributed by atoms with Crippen molar-refractivity contribution in [2.75, 3.05) is 51.3 Å². The first-order valence-corrected chi connectivity index (χ1v) is 16.8. The number of carbonyl (C=O) groups is 2. The van der Waals surface area contributed by atoms with Crippen LogP contribution >= 0.6 is 11.8 Å². The number of allylic oxidation sites excluding steroid dienone is 3. The molecular formula is C32H49N7O2S. The third-order valence-electron chi connectivity index (χ3n) is 8.86. The van der Waals surface area contributed by atoms with E-state index in [-0.39, 0.29) is 11.9 Å². The minimum atomic E-state index is -0.114. The Labute approximate surface area is 255 Å². The lowest BCUT2D eigenvalue weighted by Crippen LogP contribution is -2.47. The molecule has 0 saturated carbocycles. The van der Waals surface area contributed by atoms with Crippen LogP contribution < -0.4 is 10.6 Å². The number of pyridine rings is 1. The summed E-state index contributed by atoms with van der Waals surface area (Å²) in [6.45, 7) is 16.2. The van der Waals surface area contributed by atoms with Gasteiger partial charge in [-0.3, -0.25) is 9.59 Å². The molecule has 0 aliphatic carbocycles. The average molecular weight is 596 g/mol. The molecule has 2 aromatic heterocycles. The first-order valence-electron chi connectivity index (χ1n) is 15.4. The van der Waals surface area contributed by atoms with Gasteiger partial charge >= 0.3 is 0 Å². The quantitative estimate of drug-likeness (QED) is 0.271. The number of aromatic nitrogens is 3. The number of thioether (sulfide) groups is 1. The van der Waals surface area contributed by atoms with E-state index in [1.807, 2.05) is 49.4 Å². The molecule has 2 amide bonds. The largest absolute Gasteiger partial charge is 0.348 e. The van der Waals surface area contributed by atoms with Crippen molar-refractivity contribution in [3.05, 3.63) is 46.4 Å². The van der Waals surface area contributed by atoms with Crippen LogP contribution in [0.5, 0.6) is 0 Å². The van der Waals surface area contributed by atoms with E-state index in [4.69, 9.17) is 4.98 Å². The summed E-state index contributed by atoms with van der Waals surface area (Å²) < 4.78 is 1.93. The van der Waals surface area contributed by atoms with Crippen molar-refractivity contribution in [1.29, 1.82) is 0 Å². The first kappa shape index (κ1) is 32.2. The maximum absolute atomic E-state index is 13.6. The maximum Gasteiger partial charge on any atom is 0.252 e. The van der Waals surface area contributed by atoms with Crippen LogP contribution in [-0.4, -0.2) is 94.2 Å². The van der Waals surface area contributed by atoms with Gasteiger partial charge in [0.1, 0.15) is 0 Å². The number of rotatable bonds is 12. The molecule has 2 fully saturated rings. The first-order chi connectivity index (χ1) is 20.2. The molecule has 10 heteroatoms. The Morgan fingerprint density at radius 2 is 1.83 bits per heavy atom. The number of likely N-dealkylation sites (tertiary alicyclic amines) is 2. The van der Waals surface area contributed by atoms with Crippen molar-refractivity contribution in [3.8, 4) is 0 Å². The van der Waals surface area contributed by atoms with Crippen LogP contribution in [0.3, 0.4) is 0 Å². The van der Waals surface area contributed by atoms with Crippen molar-refractivity contribution >= 4 is 35.1 Å². The second kappa shape index (κ2) is 15.2. The minimum absolute atomic E-state index is 0.114. The van der Waals surface area contributed by atoms with E-state index in [9.17, 15) is 9.59 Å². The number of hydrogen-bond acceptors (Lipinski definition) is 7. The van der Waals surface area contributed by atoms with E-state index in [1.54, 1.807) is 6.20 Å². The molecule has 2 saturated heterocycles. The summed E-state index contributed by atoms with van der Waals surface area (Å²) >= 11 is 1.93. The van der Waals surface area contributed by atoms with Crippen LogP contribution in [0.4, 0.5) is 0 Å². The van der Waals surface area contributed by atoms with Crippen molar-refractivity contribution < 1.29 is 9.59 Å². The van der Waals surface area contributed by atoms with Crippen molar-refractivity contribution in [1.82, 2.24) is 35.2 Å². The van der Waals surface area contributed by atoms with Gasteiger partial charge in [-0.1, -0.05) is 5.57 Å². The third-order valence-corrected chi connectivity index (χ3v) is 9.45. The number of carbonyl (C=O) groups excluding carboxylic acids is 2. The Balaban J connectivity index is 1.47. The smallest absolute Gasteiger partial charge is 0.252 e. The summed E-state index contributed by atoms with van der Waals surface area (Å²) in [5.41, 5.74) is 5.23. The summed E-state index contributed by atoms with van der Waals surface area (Å²) in [6.07, 6.45) is 11.2. The summed E-state index contributed by atoms with van der Waals surface area (Å²) in [7, 11) is 0. The van der Waals surface area contributed by atoms with Crippen LogP contribution in [0.15, 0.2) is 35.2 Å². The molecule has 0 bridgehead atoms. The Hall–Kier alpha value is -2.69. The topological polar surface area (TPSA) is 95.4 Å². The number of hydrogen-bond donors (Lipinski definition) is 2. The zero-order valence-electron chi connectivity index (χ0n) is 26.3. The van der Waals surface area contributed by atoms with Gasteiger partial charge in [-0.05, 0) is 110 Å². The molecule has 2 aliphatic heterocycles. The van der Waals surface area contributed by atoms with Crippen LogP contribution in [0.25, 0.3) is 11.0 Å². The van der Waals surface area contributed by atoms with E-state index in [0.717, 1.165) is 59.5 Å². The van der Waals surface area contributed by atoms with E-state index in [0.29, 0.717) is 30.5 Å². The highest BCUT2D eigenvalue weighted by Crippen LogP contribution is 2.32. The third kappa shape index (κ3) is 8.02. The Morgan fingerprint density at radius 1 is 1.12 bits per heavy atom. The zero-order chi connectivity index (χ0) is 30.2. The number of amides is 2. The Morgan fingerprint density at radius 3 is 2.48 bits per heavy atom. The van der Waals surface area contributed by atoms with E-state index in [1.165, 1.54) is 38.2 Å². The zero-order valence-corrected chi connectivity index (χ0v) is 27.1. The molecule has 4 heterocycles. The number of nitrogens with zero attached hydrogens (tertiary/aromatic N) is 5. The SMILES string of the molecule is CSCCN1CCC(N2CCC(c3cc(C(=O)NC/C(C)=C(C)/C=C(/C)NC=O)c4cnn(C(C)C)c4n3)CC2)CC1. The fourth-order valence-electron chi connectivity index (χ4n) is 6.13. The normalized spacial score (nSPS) is 18.9. The molecule has 2 aromatic rings. The number of piperidine rings is 2. The predicted molar refractivity (Wildman–Crippen MR) is 173 cm³/mol. The second-order valence-electron chi connectivity index (χ2n) is 12.1. The minimum Gasteiger partial charge on any atom is -0.348 e. The van der Waals surface area contributed by atoms with Crippen molar-refractivity contribution in [2.24, 2.45) is 0 Å². The average Bonchev–Trinajstić information content (AvgIpc) is 3.43. The van der Waals surface area contributed by atoms with Gasteiger partial charge in [-0.15, -0.1) is 0 Å². The highest BCUT2D eigenvalue weighted by atomic mass is 32.2. The van der Waals surface area contributed by atoms with Gasteiger partial charge in [0.2, 0.25) is 6.41 Å². The fraction of sp³-hybridized carbons (Fsp3) is 0.625. The Bertz CT molecular complexity index is 1290. The van der Waals surface area contributed by atoms with Gasteiger partial charge in [0.05, 0.1) is 17.1 Å². The van der Waals surface area contributed by atoms with E-state index in [2.05, 4.69) is 45.6 Å². The van der Waals surface area contributed by atoms with Crippen LogP contribution in [-0.2, 0) is 4.79 Å². The molecule has 9 nitrogen and oxygen atoms in total. The van der Waals surface area contributed by atoms with E-state index >= 15 is 0 Å². The summed E-state index contributed by atoms with van der Waals surface area (Å²) in [5.74, 6) is 1.43. The highest BCUT2D eigenvalue weighted by Gasteiger charge is 2.30. The lowest BCUT2D eigenvalue weighted by Gasteiger charge is -2.41. The monoisotopic (exact) mass is 595 g/mol. The van der Waals surface area contributed by atoms with Gasteiger partial charge in [0, 0.05) is 48.2 Å².